The Morgan fingerprint density at radius 3 is 2.54 bits per heavy atom. The minimum atomic E-state index is -0.0173. The van der Waals surface area contributed by atoms with Gasteiger partial charge in [-0.2, -0.15) is 0 Å². The number of allylic oxidation sites excluding steroid dienone is 2. The molecule has 0 bridgehead atoms. The van der Waals surface area contributed by atoms with E-state index >= 15 is 0 Å². The predicted octanol–water partition coefficient (Wildman–Crippen LogP) is 5.86. The van der Waals surface area contributed by atoms with Gasteiger partial charge in [0.25, 0.3) is 0 Å². The standard InChI is InChI=1S/C21H30O3/c1-3-4-5-6-7-8-9-12-19(22)17-20(23)15-14-18-11-10-13-21(16-18)24-2/h10-11,13-17,23H,3-9,12H2,1-2H3. The van der Waals surface area contributed by atoms with Crippen molar-refractivity contribution in [1.82, 2.24) is 0 Å². The first-order chi connectivity index (χ1) is 11.7. The number of ether oxygens (including phenoxy) is 1. The second kappa shape index (κ2) is 12.4. The SMILES string of the molecule is CCCCCCCCCC(=O)C=C(O)C=Cc1cccc(OC)c1. The van der Waals surface area contributed by atoms with E-state index in [-0.39, 0.29) is 11.5 Å². The third-order valence-electron chi connectivity index (χ3n) is 3.88. The van der Waals surface area contributed by atoms with Crippen molar-refractivity contribution in [2.24, 2.45) is 0 Å². The van der Waals surface area contributed by atoms with Gasteiger partial charge in [0.15, 0.2) is 5.78 Å². The molecule has 0 aliphatic heterocycles. The molecule has 1 aromatic rings. The quantitative estimate of drug-likeness (QED) is 0.226. The molecule has 0 aromatic heterocycles. The van der Waals surface area contributed by atoms with E-state index in [4.69, 9.17) is 4.74 Å². The van der Waals surface area contributed by atoms with Crippen LogP contribution in [-0.2, 0) is 4.79 Å². The third kappa shape index (κ3) is 9.19. The van der Waals surface area contributed by atoms with Crippen molar-refractivity contribution in [2.45, 2.75) is 58.3 Å². The topological polar surface area (TPSA) is 46.5 Å². The molecule has 3 nitrogen and oxygen atoms in total. The highest BCUT2D eigenvalue weighted by atomic mass is 16.5. The number of aliphatic hydroxyl groups is 1. The van der Waals surface area contributed by atoms with Crippen LogP contribution >= 0.6 is 0 Å². The van der Waals surface area contributed by atoms with Gasteiger partial charge in [-0.25, -0.2) is 0 Å². The van der Waals surface area contributed by atoms with Crippen molar-refractivity contribution < 1.29 is 14.6 Å². The summed E-state index contributed by atoms with van der Waals surface area (Å²) in [6.45, 7) is 2.21. The Kier molecular flexibility index (Phi) is 10.3. The van der Waals surface area contributed by atoms with Gasteiger partial charge in [-0.1, -0.05) is 63.7 Å². The zero-order valence-corrected chi connectivity index (χ0v) is 15.0. The number of hydrogen-bond acceptors (Lipinski definition) is 3. The molecule has 1 rings (SSSR count). The van der Waals surface area contributed by atoms with E-state index in [1.54, 1.807) is 13.2 Å². The number of aliphatic hydroxyl groups excluding tert-OH is 1. The molecule has 0 spiro atoms. The molecule has 3 heteroatoms. The van der Waals surface area contributed by atoms with Crippen LogP contribution < -0.4 is 4.74 Å². The number of carbonyl (C=O) groups excluding carboxylic acids is 1. The molecule has 24 heavy (non-hydrogen) atoms. The highest BCUT2D eigenvalue weighted by molar-refractivity contribution is 5.90. The van der Waals surface area contributed by atoms with Crippen molar-refractivity contribution in [2.75, 3.05) is 7.11 Å². The summed E-state index contributed by atoms with van der Waals surface area (Å²) >= 11 is 0. The summed E-state index contributed by atoms with van der Waals surface area (Å²) in [7, 11) is 1.61. The average Bonchev–Trinajstić information content (AvgIpc) is 2.59. The minimum Gasteiger partial charge on any atom is -0.508 e. The van der Waals surface area contributed by atoms with E-state index in [1.807, 2.05) is 24.3 Å². The van der Waals surface area contributed by atoms with E-state index in [0.717, 1.165) is 24.2 Å². The van der Waals surface area contributed by atoms with Crippen LogP contribution in [-0.4, -0.2) is 18.0 Å². The van der Waals surface area contributed by atoms with E-state index in [1.165, 1.54) is 44.3 Å². The van der Waals surface area contributed by atoms with Crippen LogP contribution in [0.25, 0.3) is 6.08 Å². The maximum atomic E-state index is 11.8. The Morgan fingerprint density at radius 1 is 1.12 bits per heavy atom. The van der Waals surface area contributed by atoms with Gasteiger partial charge in [0.05, 0.1) is 7.11 Å². The fourth-order valence-electron chi connectivity index (χ4n) is 2.47. The summed E-state index contributed by atoms with van der Waals surface area (Å²) in [5, 5.41) is 9.83. The Bertz CT molecular complexity index is 544. The Balaban J connectivity index is 2.31. The van der Waals surface area contributed by atoms with Gasteiger partial charge < -0.3 is 9.84 Å². The van der Waals surface area contributed by atoms with Crippen LogP contribution in [0, 0.1) is 0 Å². The highest BCUT2D eigenvalue weighted by Crippen LogP contribution is 2.14. The molecule has 0 unspecified atom stereocenters. The van der Waals surface area contributed by atoms with E-state index in [0.29, 0.717) is 6.42 Å². The van der Waals surface area contributed by atoms with Crippen molar-refractivity contribution in [3.63, 3.8) is 0 Å². The summed E-state index contributed by atoms with van der Waals surface area (Å²) in [5.41, 5.74) is 0.911. The Morgan fingerprint density at radius 2 is 1.83 bits per heavy atom. The molecule has 0 saturated carbocycles. The van der Waals surface area contributed by atoms with Crippen molar-refractivity contribution >= 4 is 11.9 Å². The number of unbranched alkanes of at least 4 members (excludes halogenated alkanes) is 6. The van der Waals surface area contributed by atoms with Crippen molar-refractivity contribution in [3.8, 4) is 5.75 Å². The lowest BCUT2D eigenvalue weighted by atomic mass is 10.1. The fourth-order valence-corrected chi connectivity index (χ4v) is 2.47. The van der Waals surface area contributed by atoms with Gasteiger partial charge in [0, 0.05) is 12.5 Å². The number of benzene rings is 1. The molecule has 132 valence electrons. The van der Waals surface area contributed by atoms with Crippen LogP contribution in [0.4, 0.5) is 0 Å². The zero-order valence-electron chi connectivity index (χ0n) is 15.0. The lowest BCUT2D eigenvalue weighted by Gasteiger charge is -2.00. The molecule has 0 amide bonds. The van der Waals surface area contributed by atoms with Crippen molar-refractivity contribution in [1.29, 1.82) is 0 Å². The summed E-state index contributed by atoms with van der Waals surface area (Å²) in [6, 6.07) is 7.51. The minimum absolute atomic E-state index is 0.00855. The van der Waals surface area contributed by atoms with Crippen molar-refractivity contribution in [3.05, 3.63) is 47.7 Å². The largest absolute Gasteiger partial charge is 0.508 e. The van der Waals surface area contributed by atoms with E-state index < -0.39 is 0 Å². The smallest absolute Gasteiger partial charge is 0.159 e. The zero-order chi connectivity index (χ0) is 17.6. The van der Waals surface area contributed by atoms with Crippen LogP contribution in [0.5, 0.6) is 5.75 Å². The first-order valence-electron chi connectivity index (χ1n) is 8.91. The van der Waals surface area contributed by atoms with Crippen LogP contribution in [0.1, 0.15) is 63.9 Å². The molecular weight excluding hydrogens is 300 g/mol. The first-order valence-corrected chi connectivity index (χ1v) is 8.91. The second-order valence-corrected chi connectivity index (χ2v) is 6.02. The van der Waals surface area contributed by atoms with Gasteiger partial charge in [-0.15, -0.1) is 0 Å². The van der Waals surface area contributed by atoms with Gasteiger partial charge in [0.2, 0.25) is 0 Å². The van der Waals surface area contributed by atoms with Gasteiger partial charge in [-0.3, -0.25) is 4.79 Å². The molecular formula is C21H30O3. The summed E-state index contributed by atoms with van der Waals surface area (Å²) in [6.07, 6.45) is 13.4. The van der Waals surface area contributed by atoms with Crippen LogP contribution in [0.15, 0.2) is 42.2 Å². The maximum absolute atomic E-state index is 11.8. The van der Waals surface area contributed by atoms with Crippen LogP contribution in [0.2, 0.25) is 0 Å². The molecule has 1 N–H and O–H groups in total. The molecule has 1 aromatic carbocycles. The Hall–Kier alpha value is -2.03. The molecule has 0 aliphatic carbocycles. The van der Waals surface area contributed by atoms with E-state index in [2.05, 4.69) is 6.92 Å². The molecule has 0 fully saturated rings. The third-order valence-corrected chi connectivity index (χ3v) is 3.88. The predicted molar refractivity (Wildman–Crippen MR) is 100 cm³/mol. The number of rotatable bonds is 12. The van der Waals surface area contributed by atoms with Gasteiger partial charge in [0.1, 0.15) is 11.5 Å². The van der Waals surface area contributed by atoms with Gasteiger partial charge >= 0.3 is 0 Å². The molecule has 0 heterocycles. The number of hydrogen-bond donors (Lipinski definition) is 1. The van der Waals surface area contributed by atoms with Gasteiger partial charge in [-0.05, 0) is 30.2 Å². The van der Waals surface area contributed by atoms with E-state index in [9.17, 15) is 9.90 Å². The monoisotopic (exact) mass is 330 g/mol. The van der Waals surface area contributed by atoms with Crippen LogP contribution in [0.3, 0.4) is 0 Å². The molecule has 0 aliphatic rings. The molecule has 0 radical (unpaired) electrons. The maximum Gasteiger partial charge on any atom is 0.159 e. The average molecular weight is 330 g/mol. The summed E-state index contributed by atoms with van der Waals surface area (Å²) in [5.74, 6) is 0.734. The first kappa shape index (κ1) is 20.0. The molecule has 0 saturated heterocycles. The summed E-state index contributed by atoms with van der Waals surface area (Å²) in [4.78, 5) is 11.8. The normalized spacial score (nSPS) is 11.8. The summed E-state index contributed by atoms with van der Waals surface area (Å²) < 4.78 is 5.15. The number of methoxy groups -OCH3 is 1. The Labute approximate surface area is 146 Å². The lowest BCUT2D eigenvalue weighted by Crippen LogP contribution is -1.94. The number of carbonyl (C=O) groups is 1. The highest BCUT2D eigenvalue weighted by Gasteiger charge is 2.00. The number of ketones is 1. The second-order valence-electron chi connectivity index (χ2n) is 6.02. The lowest BCUT2D eigenvalue weighted by molar-refractivity contribution is -0.114. The fraction of sp³-hybridized carbons (Fsp3) is 0.476. The molecule has 0 atom stereocenters.